The second kappa shape index (κ2) is 15.0. The van der Waals surface area contributed by atoms with Crippen molar-refractivity contribution in [3.63, 3.8) is 0 Å². The number of carbonyl (C=O) groups is 1. The number of hydrogen-bond acceptors (Lipinski definition) is 8. The number of nitrogens with one attached hydrogen (secondary N) is 3. The molecule has 11 nitrogen and oxygen atoms in total. The van der Waals surface area contributed by atoms with Crippen LogP contribution in [0.5, 0.6) is 5.88 Å². The summed E-state index contributed by atoms with van der Waals surface area (Å²) in [6, 6.07) is 15.9. The summed E-state index contributed by atoms with van der Waals surface area (Å²) in [7, 11) is 6.15. The van der Waals surface area contributed by atoms with Crippen molar-refractivity contribution in [1.82, 2.24) is 29.7 Å². The van der Waals surface area contributed by atoms with E-state index < -0.39 is 23.4 Å². The molecule has 3 aromatic heterocycles. The largest absolute Gasteiger partial charge is 0.481 e. The highest BCUT2D eigenvalue weighted by Crippen LogP contribution is 2.40. The van der Waals surface area contributed by atoms with Crippen molar-refractivity contribution >= 4 is 39.9 Å². The third-order valence-electron chi connectivity index (χ3n) is 8.25. The van der Waals surface area contributed by atoms with Crippen molar-refractivity contribution in [3.05, 3.63) is 97.3 Å². The number of nitrogens with zero attached hydrogens (tertiary/aromatic N) is 4. The number of halogens is 3. The lowest BCUT2D eigenvalue weighted by Crippen LogP contribution is -2.37. The summed E-state index contributed by atoms with van der Waals surface area (Å²) >= 11 is 6.98. The second-order valence-corrected chi connectivity index (χ2v) is 11.8. The van der Waals surface area contributed by atoms with Crippen LogP contribution in [0.3, 0.4) is 0 Å². The standard InChI is InChI=1S/C31H29ClF2N6O3.C4H7NO/c1-16-18(19-9-6-10-20(26(19)32)22-13-12-17(15-35-2)29(38-22)43-5)8-7-11-21(16)36-28-25-24(14-23(37-28)27(33)34)39(3)31(42)40(4)30(25)41;6-4-2-1-3-5-4/h6-14,27,35H,15H2,1-5H3,(H,36,37);1-3H2,(H,5,6). The maximum Gasteiger partial charge on any atom is 0.330 e. The van der Waals surface area contributed by atoms with Gasteiger partial charge in [0.05, 0.1) is 23.3 Å². The van der Waals surface area contributed by atoms with Gasteiger partial charge < -0.3 is 20.7 Å². The minimum Gasteiger partial charge on any atom is -0.481 e. The Bertz CT molecular complexity index is 2160. The van der Waals surface area contributed by atoms with Crippen molar-refractivity contribution in [2.75, 3.05) is 26.0 Å². The lowest BCUT2D eigenvalue weighted by Gasteiger charge is -2.18. The van der Waals surface area contributed by atoms with Gasteiger partial charge in [0.1, 0.15) is 16.9 Å². The van der Waals surface area contributed by atoms with Crippen molar-refractivity contribution in [3.8, 4) is 28.3 Å². The summed E-state index contributed by atoms with van der Waals surface area (Å²) in [5.41, 5.74) is 3.19. The summed E-state index contributed by atoms with van der Waals surface area (Å²) < 4.78 is 35.2. The Labute approximate surface area is 285 Å². The van der Waals surface area contributed by atoms with E-state index in [-0.39, 0.29) is 22.6 Å². The van der Waals surface area contributed by atoms with Gasteiger partial charge >= 0.3 is 5.69 Å². The number of benzene rings is 2. The van der Waals surface area contributed by atoms with Crippen LogP contribution in [0.1, 0.15) is 36.1 Å². The number of carbonyl (C=O) groups excluding carboxylic acids is 1. The quantitative estimate of drug-likeness (QED) is 0.191. The Morgan fingerprint density at radius 1 is 1.00 bits per heavy atom. The molecule has 1 amide bonds. The molecule has 0 radical (unpaired) electrons. The fraction of sp³-hybridized carbons (Fsp3) is 0.286. The van der Waals surface area contributed by atoms with E-state index in [0.717, 1.165) is 56.8 Å². The van der Waals surface area contributed by atoms with E-state index >= 15 is 0 Å². The molecule has 1 aliphatic rings. The maximum atomic E-state index is 13.8. The molecule has 3 N–H and O–H groups in total. The monoisotopic (exact) mass is 691 g/mol. The number of aromatic nitrogens is 4. The number of anilines is 2. The molecule has 5 aromatic rings. The average molecular weight is 692 g/mol. The molecule has 2 aromatic carbocycles. The van der Waals surface area contributed by atoms with E-state index in [1.807, 2.05) is 50.4 Å². The molecule has 1 fully saturated rings. The van der Waals surface area contributed by atoms with Crippen LogP contribution in [-0.2, 0) is 25.4 Å². The fourth-order valence-corrected chi connectivity index (χ4v) is 5.95. The van der Waals surface area contributed by atoms with E-state index in [2.05, 4.69) is 25.9 Å². The molecule has 0 unspecified atom stereocenters. The highest BCUT2D eigenvalue weighted by molar-refractivity contribution is 6.36. The van der Waals surface area contributed by atoms with E-state index in [1.54, 1.807) is 19.2 Å². The topological polar surface area (TPSA) is 132 Å². The number of hydrogen-bond donors (Lipinski definition) is 3. The number of alkyl halides is 2. The van der Waals surface area contributed by atoms with Gasteiger partial charge in [0.2, 0.25) is 11.8 Å². The summed E-state index contributed by atoms with van der Waals surface area (Å²) in [5.74, 6) is 0.613. The van der Waals surface area contributed by atoms with E-state index in [0.29, 0.717) is 34.4 Å². The van der Waals surface area contributed by atoms with Crippen LogP contribution in [0.2, 0.25) is 5.02 Å². The van der Waals surface area contributed by atoms with Crippen LogP contribution in [0, 0.1) is 6.92 Å². The Morgan fingerprint density at radius 3 is 2.35 bits per heavy atom. The van der Waals surface area contributed by atoms with Crippen molar-refractivity contribution in [2.45, 2.75) is 32.7 Å². The lowest BCUT2D eigenvalue weighted by atomic mass is 9.96. The minimum atomic E-state index is -2.92. The SMILES string of the molecule is CNCc1ccc(-c2cccc(-c3cccc(Nc4nc(C(F)F)cc5c4c(=O)n(C)c(=O)n5C)c3C)c2Cl)nc1OC.O=C1CCCN1. The van der Waals surface area contributed by atoms with Crippen LogP contribution in [-0.4, -0.2) is 45.7 Å². The van der Waals surface area contributed by atoms with Crippen molar-refractivity contribution < 1.29 is 18.3 Å². The first kappa shape index (κ1) is 35.2. The Kier molecular flexibility index (Phi) is 10.7. The predicted molar refractivity (Wildman–Crippen MR) is 187 cm³/mol. The molecule has 1 aliphatic heterocycles. The summed E-state index contributed by atoms with van der Waals surface area (Å²) in [5, 5.41) is 9.33. The number of methoxy groups -OCH3 is 1. The maximum absolute atomic E-state index is 13.8. The number of amides is 1. The minimum absolute atomic E-state index is 0.0144. The molecule has 14 heteroatoms. The summed E-state index contributed by atoms with van der Waals surface area (Å²) in [4.78, 5) is 44.5. The molecule has 49 heavy (non-hydrogen) atoms. The van der Waals surface area contributed by atoms with Crippen LogP contribution in [0.4, 0.5) is 20.3 Å². The smallest absolute Gasteiger partial charge is 0.330 e. The van der Waals surface area contributed by atoms with Gasteiger partial charge in [0, 0.05) is 56.0 Å². The molecular weight excluding hydrogens is 656 g/mol. The van der Waals surface area contributed by atoms with Gasteiger partial charge in [-0.1, -0.05) is 48.0 Å². The van der Waals surface area contributed by atoms with Crippen LogP contribution in [0.15, 0.2) is 64.2 Å². The normalized spacial score (nSPS) is 12.6. The molecule has 1 saturated heterocycles. The number of ether oxygens (including phenoxy) is 1. The van der Waals surface area contributed by atoms with Crippen LogP contribution >= 0.6 is 11.6 Å². The van der Waals surface area contributed by atoms with Gasteiger partial charge in [0.25, 0.3) is 12.0 Å². The molecule has 0 spiro atoms. The van der Waals surface area contributed by atoms with E-state index in [1.165, 1.54) is 14.1 Å². The number of pyridine rings is 2. The summed E-state index contributed by atoms with van der Waals surface area (Å²) in [6.45, 7) is 3.33. The number of aryl methyl sites for hydroxylation is 1. The molecule has 0 saturated carbocycles. The molecule has 6 rings (SSSR count). The van der Waals surface area contributed by atoms with Crippen LogP contribution in [0.25, 0.3) is 33.3 Å². The van der Waals surface area contributed by atoms with Crippen molar-refractivity contribution in [2.24, 2.45) is 14.1 Å². The van der Waals surface area contributed by atoms with E-state index in [4.69, 9.17) is 16.3 Å². The van der Waals surface area contributed by atoms with Gasteiger partial charge in [-0.15, -0.1) is 0 Å². The molecule has 4 heterocycles. The van der Waals surface area contributed by atoms with E-state index in [9.17, 15) is 23.2 Å². The lowest BCUT2D eigenvalue weighted by molar-refractivity contribution is -0.119. The van der Waals surface area contributed by atoms with Gasteiger partial charge in [-0.05, 0) is 49.7 Å². The Morgan fingerprint density at radius 2 is 1.71 bits per heavy atom. The Hall–Kier alpha value is -5.14. The Balaban J connectivity index is 0.000000704. The number of fused-ring (bicyclic) bond motifs is 1. The molecule has 0 atom stereocenters. The zero-order valence-electron chi connectivity index (χ0n) is 27.7. The highest BCUT2D eigenvalue weighted by atomic mass is 35.5. The third-order valence-corrected chi connectivity index (χ3v) is 8.66. The predicted octanol–water partition coefficient (Wildman–Crippen LogP) is 5.63. The third kappa shape index (κ3) is 7.18. The van der Waals surface area contributed by atoms with Gasteiger partial charge in [-0.3, -0.25) is 18.7 Å². The second-order valence-electron chi connectivity index (χ2n) is 11.4. The molecular formula is C35H36ClF2N7O4. The molecule has 256 valence electrons. The zero-order valence-corrected chi connectivity index (χ0v) is 28.4. The van der Waals surface area contributed by atoms with Crippen LogP contribution < -0.4 is 31.9 Å². The molecule has 0 bridgehead atoms. The summed E-state index contributed by atoms with van der Waals surface area (Å²) in [6.07, 6.45) is -1.16. The number of rotatable bonds is 8. The first-order valence-corrected chi connectivity index (χ1v) is 15.8. The fourth-order valence-electron chi connectivity index (χ4n) is 5.63. The zero-order chi connectivity index (χ0) is 35.4. The van der Waals surface area contributed by atoms with Crippen molar-refractivity contribution in [1.29, 1.82) is 0 Å². The molecule has 0 aliphatic carbocycles. The highest BCUT2D eigenvalue weighted by Gasteiger charge is 2.21. The first-order chi connectivity index (χ1) is 23.5. The van der Waals surface area contributed by atoms with Gasteiger partial charge in [0.15, 0.2) is 0 Å². The van der Waals surface area contributed by atoms with Gasteiger partial charge in [-0.2, -0.15) is 0 Å². The average Bonchev–Trinajstić information content (AvgIpc) is 3.58. The first-order valence-electron chi connectivity index (χ1n) is 15.5. The van der Waals surface area contributed by atoms with Gasteiger partial charge in [-0.25, -0.2) is 23.5 Å².